The van der Waals surface area contributed by atoms with E-state index in [1.807, 2.05) is 24.3 Å². The summed E-state index contributed by atoms with van der Waals surface area (Å²) in [7, 11) is 1.68. The first kappa shape index (κ1) is 19.8. The van der Waals surface area contributed by atoms with Gasteiger partial charge in [-0.25, -0.2) is 0 Å². The Hall–Kier alpha value is -1.52. The molecular weight excluding hydrogens is 378 g/mol. The summed E-state index contributed by atoms with van der Waals surface area (Å²) in [5, 5.41) is 3.49. The Labute approximate surface area is 159 Å². The quantitative estimate of drug-likeness (QED) is 0.519. The molecule has 0 saturated heterocycles. The summed E-state index contributed by atoms with van der Waals surface area (Å²) in [6, 6.07) is 12.3. The van der Waals surface area contributed by atoms with Crippen molar-refractivity contribution in [3.05, 3.63) is 57.6 Å². The average molecular weight is 406 g/mol. The Morgan fingerprint density at radius 3 is 2.56 bits per heavy atom. The number of benzene rings is 2. The molecule has 136 valence electrons. The topological polar surface area (TPSA) is 30.5 Å². The van der Waals surface area contributed by atoms with Crippen LogP contribution in [0.2, 0.25) is 0 Å². The van der Waals surface area contributed by atoms with E-state index in [0.29, 0.717) is 6.61 Å². The van der Waals surface area contributed by atoms with Crippen LogP contribution in [0.4, 0.5) is 0 Å². The van der Waals surface area contributed by atoms with E-state index >= 15 is 0 Å². The van der Waals surface area contributed by atoms with Crippen molar-refractivity contribution in [2.24, 2.45) is 0 Å². The first-order valence-corrected chi connectivity index (χ1v) is 9.69. The molecule has 0 spiro atoms. The highest BCUT2D eigenvalue weighted by Gasteiger charge is 2.11. The van der Waals surface area contributed by atoms with Gasteiger partial charge in [0, 0.05) is 11.0 Å². The maximum atomic E-state index is 6.01. The highest BCUT2D eigenvalue weighted by molar-refractivity contribution is 9.10. The van der Waals surface area contributed by atoms with Gasteiger partial charge < -0.3 is 14.8 Å². The Morgan fingerprint density at radius 1 is 1.04 bits per heavy atom. The van der Waals surface area contributed by atoms with E-state index in [2.05, 4.69) is 47.2 Å². The molecule has 25 heavy (non-hydrogen) atoms. The van der Waals surface area contributed by atoms with Gasteiger partial charge in [-0.1, -0.05) is 60.0 Å². The molecule has 4 heteroatoms. The van der Waals surface area contributed by atoms with Gasteiger partial charge in [0.15, 0.2) is 11.5 Å². The van der Waals surface area contributed by atoms with Gasteiger partial charge in [0.05, 0.1) is 7.11 Å². The summed E-state index contributed by atoms with van der Waals surface area (Å²) < 4.78 is 12.6. The van der Waals surface area contributed by atoms with E-state index in [1.54, 1.807) is 7.11 Å². The largest absolute Gasteiger partial charge is 0.493 e. The summed E-state index contributed by atoms with van der Waals surface area (Å²) in [6.07, 6.45) is 3.72. The molecule has 0 amide bonds. The lowest BCUT2D eigenvalue weighted by Gasteiger charge is -2.15. The van der Waals surface area contributed by atoms with Gasteiger partial charge >= 0.3 is 0 Å². The first-order valence-electron chi connectivity index (χ1n) is 8.90. The van der Waals surface area contributed by atoms with Gasteiger partial charge in [-0.05, 0) is 48.7 Å². The van der Waals surface area contributed by atoms with Crippen LogP contribution in [-0.4, -0.2) is 13.7 Å². The zero-order valence-corrected chi connectivity index (χ0v) is 17.0. The molecule has 1 N–H and O–H groups in total. The minimum Gasteiger partial charge on any atom is -0.493 e. The Morgan fingerprint density at radius 2 is 1.84 bits per heavy atom. The van der Waals surface area contributed by atoms with Crippen LogP contribution in [0.3, 0.4) is 0 Å². The van der Waals surface area contributed by atoms with Gasteiger partial charge in [-0.15, -0.1) is 0 Å². The summed E-state index contributed by atoms with van der Waals surface area (Å²) in [6.45, 7) is 6.70. The number of rotatable bonds is 10. The van der Waals surface area contributed by atoms with Crippen molar-refractivity contribution in [1.29, 1.82) is 0 Å². The Balaban J connectivity index is 2.01. The zero-order valence-electron chi connectivity index (χ0n) is 15.4. The van der Waals surface area contributed by atoms with Crippen molar-refractivity contribution in [3.63, 3.8) is 0 Å². The maximum absolute atomic E-state index is 6.01. The normalized spacial score (nSPS) is 10.7. The lowest BCUT2D eigenvalue weighted by atomic mass is 10.1. The fraction of sp³-hybridized carbons (Fsp3) is 0.429. The number of hydrogen-bond donors (Lipinski definition) is 1. The molecule has 2 rings (SSSR count). The van der Waals surface area contributed by atoms with Crippen molar-refractivity contribution in [2.45, 2.75) is 46.3 Å². The summed E-state index contributed by atoms with van der Waals surface area (Å²) in [5.41, 5.74) is 3.59. The van der Waals surface area contributed by atoms with Crippen LogP contribution >= 0.6 is 15.9 Å². The molecule has 0 atom stereocenters. The van der Waals surface area contributed by atoms with Crippen molar-refractivity contribution in [2.75, 3.05) is 13.7 Å². The summed E-state index contributed by atoms with van der Waals surface area (Å²) >= 11 is 3.66. The van der Waals surface area contributed by atoms with Crippen LogP contribution in [0, 0.1) is 6.92 Å². The second kappa shape index (κ2) is 10.5. The number of methoxy groups -OCH3 is 1. The predicted molar refractivity (Wildman–Crippen MR) is 107 cm³/mol. The van der Waals surface area contributed by atoms with Crippen molar-refractivity contribution < 1.29 is 9.47 Å². The molecule has 2 aromatic rings. The minimum absolute atomic E-state index is 0.532. The highest BCUT2D eigenvalue weighted by atomic mass is 79.9. The van der Waals surface area contributed by atoms with Crippen LogP contribution in [0.25, 0.3) is 0 Å². The number of nitrogens with one attached hydrogen (secondary N) is 1. The molecule has 0 aliphatic rings. The summed E-state index contributed by atoms with van der Waals surface area (Å²) in [5.74, 6) is 1.52. The standard InChI is InChI=1S/C21H28BrNO2/c1-4-5-8-11-23-14-18-12-20(24-3)21(13-19(18)22)25-15-17-10-7-6-9-16(17)2/h6-7,9-10,12-13,23H,4-5,8,11,14-15H2,1-3H3. The lowest BCUT2D eigenvalue weighted by Crippen LogP contribution is -2.15. The average Bonchev–Trinajstić information content (AvgIpc) is 2.62. The first-order chi connectivity index (χ1) is 12.2. The van der Waals surface area contributed by atoms with E-state index in [1.165, 1.54) is 36.0 Å². The molecule has 2 aromatic carbocycles. The minimum atomic E-state index is 0.532. The number of unbranched alkanes of at least 4 members (excludes halogenated alkanes) is 2. The molecule has 0 fully saturated rings. The third-order valence-corrected chi connectivity index (χ3v) is 4.99. The van der Waals surface area contributed by atoms with E-state index in [9.17, 15) is 0 Å². The van der Waals surface area contributed by atoms with Crippen LogP contribution in [-0.2, 0) is 13.2 Å². The lowest BCUT2D eigenvalue weighted by molar-refractivity contribution is 0.283. The van der Waals surface area contributed by atoms with Gasteiger partial charge in [0.1, 0.15) is 6.61 Å². The third-order valence-electron chi connectivity index (χ3n) is 4.25. The highest BCUT2D eigenvalue weighted by Crippen LogP contribution is 2.34. The monoisotopic (exact) mass is 405 g/mol. The van der Waals surface area contributed by atoms with Gasteiger partial charge in [0.2, 0.25) is 0 Å². The molecule has 0 heterocycles. The second-order valence-electron chi connectivity index (χ2n) is 6.19. The second-order valence-corrected chi connectivity index (χ2v) is 7.05. The SMILES string of the molecule is CCCCCNCc1cc(OC)c(OCc2ccccc2C)cc1Br. The van der Waals surface area contributed by atoms with Crippen LogP contribution in [0.5, 0.6) is 11.5 Å². The molecule has 0 aliphatic carbocycles. The van der Waals surface area contributed by atoms with Crippen LogP contribution < -0.4 is 14.8 Å². The third kappa shape index (κ3) is 6.05. The van der Waals surface area contributed by atoms with E-state index in [0.717, 1.165) is 29.1 Å². The molecule has 0 radical (unpaired) electrons. The smallest absolute Gasteiger partial charge is 0.162 e. The Bertz CT molecular complexity index is 673. The fourth-order valence-corrected chi connectivity index (χ4v) is 3.10. The molecule has 3 nitrogen and oxygen atoms in total. The molecule has 0 unspecified atom stereocenters. The molecule has 0 bridgehead atoms. The zero-order chi connectivity index (χ0) is 18.1. The van der Waals surface area contributed by atoms with E-state index < -0.39 is 0 Å². The van der Waals surface area contributed by atoms with Gasteiger partial charge in [0.25, 0.3) is 0 Å². The fourth-order valence-electron chi connectivity index (χ4n) is 2.64. The predicted octanol–water partition coefficient (Wildman–Crippen LogP) is 5.62. The van der Waals surface area contributed by atoms with E-state index in [4.69, 9.17) is 9.47 Å². The Kier molecular flexibility index (Phi) is 8.29. The van der Waals surface area contributed by atoms with Crippen LogP contribution in [0.15, 0.2) is 40.9 Å². The van der Waals surface area contributed by atoms with Crippen molar-refractivity contribution in [3.8, 4) is 11.5 Å². The number of ether oxygens (including phenoxy) is 2. The van der Waals surface area contributed by atoms with Crippen molar-refractivity contribution in [1.82, 2.24) is 5.32 Å². The number of hydrogen-bond acceptors (Lipinski definition) is 3. The number of aryl methyl sites for hydroxylation is 1. The molecule has 0 aromatic heterocycles. The van der Waals surface area contributed by atoms with Crippen molar-refractivity contribution >= 4 is 15.9 Å². The molecular formula is C21H28BrNO2. The van der Waals surface area contributed by atoms with E-state index in [-0.39, 0.29) is 0 Å². The maximum Gasteiger partial charge on any atom is 0.162 e. The van der Waals surface area contributed by atoms with Gasteiger partial charge in [-0.2, -0.15) is 0 Å². The van der Waals surface area contributed by atoms with Gasteiger partial charge in [-0.3, -0.25) is 0 Å². The molecule has 0 aliphatic heterocycles. The summed E-state index contributed by atoms with van der Waals surface area (Å²) in [4.78, 5) is 0. The number of halogens is 1. The molecule has 0 saturated carbocycles. The van der Waals surface area contributed by atoms with Crippen LogP contribution in [0.1, 0.15) is 42.9 Å².